The van der Waals surface area contributed by atoms with E-state index in [0.717, 1.165) is 32.1 Å². The first-order valence-corrected chi connectivity index (χ1v) is 15.3. The average Bonchev–Trinajstić information content (AvgIpc) is 3.13. The molecule has 198 valence electrons. The van der Waals surface area contributed by atoms with Gasteiger partial charge in [0, 0.05) is 18.9 Å². The summed E-state index contributed by atoms with van der Waals surface area (Å²) in [7, 11) is -1.28. The number of aliphatic hydroxyl groups is 2. The number of hydrogen-bond acceptors (Lipinski definition) is 5. The van der Waals surface area contributed by atoms with Crippen LogP contribution in [0, 0.1) is 11.8 Å². The monoisotopic (exact) mass is 512 g/mol. The van der Waals surface area contributed by atoms with Gasteiger partial charge >= 0.3 is 5.97 Å². The quantitative estimate of drug-likeness (QED) is 0.250. The van der Waals surface area contributed by atoms with Crippen LogP contribution in [0.15, 0.2) is 60.7 Å². The van der Waals surface area contributed by atoms with E-state index in [0.29, 0.717) is 19.4 Å². The van der Waals surface area contributed by atoms with Crippen molar-refractivity contribution in [2.24, 2.45) is 11.8 Å². The zero-order chi connectivity index (χ0) is 26.2. The summed E-state index contributed by atoms with van der Waals surface area (Å²) in [4.78, 5) is 11.3. The van der Waals surface area contributed by atoms with E-state index in [2.05, 4.69) is 69.3 Å². The standard InChI is InChI=1S/C30H44O5Si/c1-30(2,3)36(23-15-9-7-10-16-23,24-17-11-8-12-18-24)35-22-26-25(27(31)21-28(26)32)19-13-5-6-14-20-29(33)34-4/h7-12,15-18,25-28,31-32H,5-6,13-14,19-22H2,1-4H3/t25-,26-,27+,28-/m1/s1. The van der Waals surface area contributed by atoms with Gasteiger partial charge in [0.25, 0.3) is 8.32 Å². The van der Waals surface area contributed by atoms with Crippen LogP contribution in [0.2, 0.25) is 5.04 Å². The number of esters is 1. The third-order valence-electron chi connectivity index (χ3n) is 7.83. The lowest BCUT2D eigenvalue weighted by molar-refractivity contribution is -0.140. The van der Waals surface area contributed by atoms with Gasteiger partial charge < -0.3 is 19.4 Å². The van der Waals surface area contributed by atoms with Crippen LogP contribution in [0.3, 0.4) is 0 Å². The molecule has 0 amide bonds. The molecule has 1 saturated carbocycles. The Morgan fingerprint density at radius 1 is 0.861 bits per heavy atom. The van der Waals surface area contributed by atoms with Crippen molar-refractivity contribution in [3.63, 3.8) is 0 Å². The van der Waals surface area contributed by atoms with Crippen molar-refractivity contribution in [3.05, 3.63) is 60.7 Å². The lowest BCUT2D eigenvalue weighted by Gasteiger charge is -2.44. The first-order chi connectivity index (χ1) is 17.2. The van der Waals surface area contributed by atoms with Crippen LogP contribution in [-0.4, -0.2) is 50.4 Å². The Kier molecular flexibility index (Phi) is 10.3. The molecule has 2 aromatic carbocycles. The zero-order valence-corrected chi connectivity index (χ0v) is 23.4. The molecule has 2 aromatic rings. The average molecular weight is 513 g/mol. The SMILES string of the molecule is COC(=O)CCCCCC[C@@H]1[C@@H](CO[Si](c2ccccc2)(c2ccccc2)C(C)(C)C)[C@H](O)C[C@@H]1O. The molecular weight excluding hydrogens is 468 g/mol. The molecule has 0 radical (unpaired) electrons. The Morgan fingerprint density at radius 2 is 1.39 bits per heavy atom. The minimum atomic E-state index is -2.70. The van der Waals surface area contributed by atoms with Gasteiger partial charge in [-0.25, -0.2) is 0 Å². The van der Waals surface area contributed by atoms with Crippen LogP contribution in [0.5, 0.6) is 0 Å². The summed E-state index contributed by atoms with van der Waals surface area (Å²) in [6.45, 7) is 7.19. The van der Waals surface area contributed by atoms with E-state index >= 15 is 0 Å². The molecule has 0 spiro atoms. The first kappa shape index (κ1) is 28.6. The molecule has 4 atom stereocenters. The van der Waals surface area contributed by atoms with Crippen LogP contribution < -0.4 is 10.4 Å². The Labute approximate surface area is 218 Å². The van der Waals surface area contributed by atoms with Gasteiger partial charge in [0.15, 0.2) is 0 Å². The second-order valence-electron chi connectivity index (χ2n) is 11.2. The van der Waals surface area contributed by atoms with Crippen molar-refractivity contribution in [2.45, 2.75) is 83.0 Å². The van der Waals surface area contributed by atoms with Crippen LogP contribution in [0.25, 0.3) is 0 Å². The second-order valence-corrected chi connectivity index (χ2v) is 15.5. The Bertz CT molecular complexity index is 888. The number of rotatable bonds is 12. The maximum atomic E-state index is 11.3. The van der Waals surface area contributed by atoms with E-state index in [-0.39, 0.29) is 22.8 Å². The molecule has 36 heavy (non-hydrogen) atoms. The van der Waals surface area contributed by atoms with Crippen molar-refractivity contribution in [2.75, 3.05) is 13.7 Å². The lowest BCUT2D eigenvalue weighted by atomic mass is 9.89. The fourth-order valence-electron chi connectivity index (χ4n) is 5.90. The molecule has 1 fully saturated rings. The third-order valence-corrected chi connectivity index (χ3v) is 12.8. The van der Waals surface area contributed by atoms with E-state index in [1.807, 2.05) is 12.1 Å². The van der Waals surface area contributed by atoms with Gasteiger partial charge in [-0.2, -0.15) is 0 Å². The molecule has 6 heteroatoms. The molecule has 0 unspecified atom stereocenters. The zero-order valence-electron chi connectivity index (χ0n) is 22.4. The molecule has 1 aliphatic carbocycles. The van der Waals surface area contributed by atoms with Crippen LogP contribution >= 0.6 is 0 Å². The molecule has 3 rings (SSSR count). The van der Waals surface area contributed by atoms with Crippen molar-refractivity contribution in [1.82, 2.24) is 0 Å². The maximum Gasteiger partial charge on any atom is 0.305 e. The van der Waals surface area contributed by atoms with Crippen molar-refractivity contribution < 1.29 is 24.2 Å². The normalized spacial score (nSPS) is 22.5. The number of aliphatic hydroxyl groups excluding tert-OH is 2. The Balaban J connectivity index is 1.76. The second kappa shape index (κ2) is 13.0. The van der Waals surface area contributed by atoms with Gasteiger partial charge in [0.05, 0.1) is 19.3 Å². The van der Waals surface area contributed by atoms with E-state index in [1.54, 1.807) is 0 Å². The Morgan fingerprint density at radius 3 is 1.92 bits per heavy atom. The van der Waals surface area contributed by atoms with Crippen molar-refractivity contribution in [3.8, 4) is 0 Å². The smallest absolute Gasteiger partial charge is 0.305 e. The minimum absolute atomic E-state index is 0.0128. The highest BCUT2D eigenvalue weighted by Crippen LogP contribution is 2.40. The summed E-state index contributed by atoms with van der Waals surface area (Å²) in [5, 5.41) is 24.0. The first-order valence-electron chi connectivity index (χ1n) is 13.4. The van der Waals surface area contributed by atoms with E-state index < -0.39 is 20.5 Å². The molecule has 5 nitrogen and oxygen atoms in total. The summed E-state index contributed by atoms with van der Waals surface area (Å²) in [6, 6.07) is 21.1. The summed E-state index contributed by atoms with van der Waals surface area (Å²) in [5.74, 6) is -0.250. The number of carbonyl (C=O) groups excluding carboxylic acids is 1. The van der Waals surface area contributed by atoms with Gasteiger partial charge in [0.2, 0.25) is 0 Å². The highest BCUT2D eigenvalue weighted by Gasteiger charge is 2.51. The molecule has 1 aliphatic rings. The summed E-state index contributed by atoms with van der Waals surface area (Å²) in [5.41, 5.74) is 0. The highest BCUT2D eigenvalue weighted by atomic mass is 28.4. The van der Waals surface area contributed by atoms with Crippen LogP contribution in [0.1, 0.15) is 65.7 Å². The minimum Gasteiger partial charge on any atom is -0.469 e. The molecule has 0 aromatic heterocycles. The largest absolute Gasteiger partial charge is 0.469 e. The predicted octanol–water partition coefficient (Wildman–Crippen LogP) is 4.43. The fourth-order valence-corrected chi connectivity index (χ4v) is 10.5. The van der Waals surface area contributed by atoms with Gasteiger partial charge in [-0.3, -0.25) is 4.79 Å². The molecule has 0 heterocycles. The Hall–Kier alpha value is -1.99. The summed E-state index contributed by atoms with van der Waals surface area (Å²) in [6.07, 6.45) is 4.38. The lowest BCUT2D eigenvalue weighted by Crippen LogP contribution is -2.67. The number of unbranched alkanes of at least 4 members (excludes halogenated alkanes) is 3. The maximum absolute atomic E-state index is 11.3. The molecular formula is C30H44O5Si. The number of benzene rings is 2. The van der Waals surface area contributed by atoms with Gasteiger partial charge in [0.1, 0.15) is 0 Å². The van der Waals surface area contributed by atoms with E-state index in [4.69, 9.17) is 9.16 Å². The van der Waals surface area contributed by atoms with Crippen LogP contribution in [-0.2, 0) is 14.0 Å². The number of ether oxygens (including phenoxy) is 1. The fraction of sp³-hybridized carbons (Fsp3) is 0.567. The van der Waals surface area contributed by atoms with E-state index in [9.17, 15) is 15.0 Å². The summed E-state index contributed by atoms with van der Waals surface area (Å²) >= 11 is 0. The molecule has 0 aliphatic heterocycles. The highest BCUT2D eigenvalue weighted by molar-refractivity contribution is 6.99. The number of methoxy groups -OCH3 is 1. The van der Waals surface area contributed by atoms with Gasteiger partial charge in [-0.05, 0) is 40.6 Å². The van der Waals surface area contributed by atoms with Gasteiger partial charge in [-0.15, -0.1) is 0 Å². The van der Waals surface area contributed by atoms with Crippen LogP contribution in [0.4, 0.5) is 0 Å². The van der Waals surface area contributed by atoms with Gasteiger partial charge in [-0.1, -0.05) is 101 Å². The number of carbonyl (C=O) groups is 1. The van der Waals surface area contributed by atoms with Crippen molar-refractivity contribution >= 4 is 24.7 Å². The van der Waals surface area contributed by atoms with E-state index in [1.165, 1.54) is 17.5 Å². The third kappa shape index (κ3) is 6.65. The molecule has 0 bridgehead atoms. The summed E-state index contributed by atoms with van der Waals surface area (Å²) < 4.78 is 11.8. The molecule has 2 N–H and O–H groups in total. The molecule has 0 saturated heterocycles. The topological polar surface area (TPSA) is 76.0 Å². The number of hydrogen-bond donors (Lipinski definition) is 2. The van der Waals surface area contributed by atoms with Crippen molar-refractivity contribution in [1.29, 1.82) is 0 Å². The predicted molar refractivity (Wildman–Crippen MR) is 147 cm³/mol.